The summed E-state index contributed by atoms with van der Waals surface area (Å²) in [6, 6.07) is 13.3. The van der Waals surface area contributed by atoms with Crippen molar-refractivity contribution in [2.45, 2.75) is 26.9 Å². The lowest BCUT2D eigenvalue weighted by atomic mass is 10.1. The quantitative estimate of drug-likeness (QED) is 0.286. The number of carboxylic acid groups (broad SMARTS) is 1. The molecule has 0 unspecified atom stereocenters. The van der Waals surface area contributed by atoms with Crippen LogP contribution in [0.3, 0.4) is 0 Å². The van der Waals surface area contributed by atoms with E-state index in [1.807, 2.05) is 32.9 Å². The van der Waals surface area contributed by atoms with Gasteiger partial charge in [-0.25, -0.2) is 0 Å². The summed E-state index contributed by atoms with van der Waals surface area (Å²) in [5, 5.41) is 42.0. The number of aromatic hydroxyl groups is 3. The predicted molar refractivity (Wildman–Crippen MR) is 129 cm³/mol. The maximum Gasteiger partial charge on any atom is 0.290 e. The molecule has 0 spiro atoms. The summed E-state index contributed by atoms with van der Waals surface area (Å²) in [5.74, 6) is -1.96. The molecule has 0 aromatic heterocycles. The average Bonchev–Trinajstić information content (AvgIpc) is 2.75. The molecule has 0 bridgehead atoms. The molecular weight excluding hydrogens is 456 g/mol. The average molecular weight is 482 g/mol. The molecular formula is C25H26N2O8. The first-order chi connectivity index (χ1) is 16.6. The van der Waals surface area contributed by atoms with Gasteiger partial charge in [0.1, 0.15) is 28.6 Å². The van der Waals surface area contributed by atoms with Gasteiger partial charge in [0.25, 0.3) is 18.3 Å². The molecule has 0 aliphatic carbocycles. The molecule has 3 rings (SSSR count). The van der Waals surface area contributed by atoms with Gasteiger partial charge in [-0.2, -0.15) is 0 Å². The van der Waals surface area contributed by atoms with Crippen LogP contribution in [0.4, 0.5) is 11.4 Å². The van der Waals surface area contributed by atoms with E-state index in [4.69, 9.17) is 14.6 Å². The monoisotopic (exact) mass is 482 g/mol. The van der Waals surface area contributed by atoms with Crippen LogP contribution in [0, 0.1) is 6.92 Å². The Morgan fingerprint density at radius 1 is 0.886 bits per heavy atom. The van der Waals surface area contributed by atoms with E-state index in [1.165, 1.54) is 36.4 Å². The van der Waals surface area contributed by atoms with E-state index in [1.54, 1.807) is 6.07 Å². The maximum absolute atomic E-state index is 12.7. The lowest BCUT2D eigenvalue weighted by Crippen LogP contribution is -2.15. The molecule has 6 N–H and O–H groups in total. The summed E-state index contributed by atoms with van der Waals surface area (Å²) >= 11 is 0. The largest absolute Gasteiger partial charge is 0.507 e. The number of hydrogen-bond acceptors (Lipinski definition) is 7. The van der Waals surface area contributed by atoms with Crippen LogP contribution >= 0.6 is 0 Å². The van der Waals surface area contributed by atoms with Gasteiger partial charge >= 0.3 is 0 Å². The minimum atomic E-state index is -0.771. The maximum atomic E-state index is 12.7. The van der Waals surface area contributed by atoms with E-state index in [2.05, 4.69) is 10.6 Å². The Balaban J connectivity index is 0.00000137. The Morgan fingerprint density at radius 3 is 2.09 bits per heavy atom. The van der Waals surface area contributed by atoms with Crippen molar-refractivity contribution < 1.29 is 39.5 Å². The zero-order chi connectivity index (χ0) is 26.1. The molecule has 0 radical (unpaired) electrons. The molecule has 10 nitrogen and oxygen atoms in total. The fourth-order valence-corrected chi connectivity index (χ4v) is 3.03. The SMILES string of the molecule is Cc1ccc(NC(=O)c2ccc(NC(=O)c3c(O)cccc3O)cc2O)c(OC(C)C)c1.O=CO. The first-order valence-electron chi connectivity index (χ1n) is 10.4. The third-order valence-electron chi connectivity index (χ3n) is 4.50. The van der Waals surface area contributed by atoms with Crippen molar-refractivity contribution in [3.05, 3.63) is 71.3 Å². The number of carbonyl (C=O) groups excluding carboxylic acids is 2. The highest BCUT2D eigenvalue weighted by Crippen LogP contribution is 2.30. The fourth-order valence-electron chi connectivity index (χ4n) is 3.03. The van der Waals surface area contributed by atoms with E-state index in [-0.39, 0.29) is 46.6 Å². The van der Waals surface area contributed by atoms with Crippen molar-refractivity contribution in [3.63, 3.8) is 0 Å². The summed E-state index contributed by atoms with van der Waals surface area (Å²) in [6.07, 6.45) is -0.0905. The highest BCUT2D eigenvalue weighted by Gasteiger charge is 2.18. The van der Waals surface area contributed by atoms with Crippen LogP contribution in [0.1, 0.15) is 40.1 Å². The molecule has 0 heterocycles. The second kappa shape index (κ2) is 11.9. The number of amides is 2. The molecule has 10 heteroatoms. The highest BCUT2D eigenvalue weighted by atomic mass is 16.5. The van der Waals surface area contributed by atoms with Gasteiger partial charge < -0.3 is 35.8 Å². The first kappa shape index (κ1) is 26.5. The molecule has 0 aliphatic heterocycles. The van der Waals surface area contributed by atoms with E-state index < -0.39 is 11.8 Å². The minimum absolute atomic E-state index is 0.00974. The molecule has 35 heavy (non-hydrogen) atoms. The van der Waals surface area contributed by atoms with Crippen LogP contribution < -0.4 is 15.4 Å². The third-order valence-corrected chi connectivity index (χ3v) is 4.50. The minimum Gasteiger partial charge on any atom is -0.507 e. The predicted octanol–water partition coefficient (Wildman–Crippen LogP) is 4.10. The standard InChI is InChI=1S/C24H24N2O6.CH2O2/c1-13(2)32-21-11-14(3)7-10-17(21)26-23(30)16-9-8-15(12-20(16)29)25-24(31)22-18(27)5-4-6-19(22)28;2-1-3/h4-13,27-29H,1-3H3,(H,25,31)(H,26,30);1H,(H,2,3). The van der Waals surface area contributed by atoms with Crippen molar-refractivity contribution in [1.29, 1.82) is 0 Å². The summed E-state index contributed by atoms with van der Waals surface area (Å²) < 4.78 is 5.75. The van der Waals surface area contributed by atoms with Crippen LogP contribution in [-0.2, 0) is 4.79 Å². The fraction of sp³-hybridized carbons (Fsp3) is 0.160. The van der Waals surface area contributed by atoms with Gasteiger partial charge in [0.05, 0.1) is 17.4 Å². The number of aryl methyl sites for hydroxylation is 1. The van der Waals surface area contributed by atoms with Gasteiger partial charge in [-0.3, -0.25) is 14.4 Å². The molecule has 0 fully saturated rings. The second-order valence-electron chi connectivity index (χ2n) is 7.58. The summed E-state index contributed by atoms with van der Waals surface area (Å²) in [6.45, 7) is 5.41. The smallest absolute Gasteiger partial charge is 0.290 e. The zero-order valence-electron chi connectivity index (χ0n) is 19.3. The summed E-state index contributed by atoms with van der Waals surface area (Å²) in [5.41, 5.74) is 1.29. The Bertz CT molecular complexity index is 1200. The second-order valence-corrected chi connectivity index (χ2v) is 7.58. The van der Waals surface area contributed by atoms with E-state index in [0.717, 1.165) is 5.56 Å². The number of phenols is 3. The Hall–Kier alpha value is -4.73. The Morgan fingerprint density at radius 2 is 1.51 bits per heavy atom. The molecule has 2 amide bonds. The first-order valence-corrected chi connectivity index (χ1v) is 10.4. The van der Waals surface area contributed by atoms with E-state index in [9.17, 15) is 24.9 Å². The van der Waals surface area contributed by atoms with Crippen molar-refractivity contribution in [3.8, 4) is 23.0 Å². The number of rotatable bonds is 6. The van der Waals surface area contributed by atoms with Gasteiger partial charge in [0, 0.05) is 11.8 Å². The lowest BCUT2D eigenvalue weighted by molar-refractivity contribution is -0.122. The van der Waals surface area contributed by atoms with Crippen molar-refractivity contribution in [2.75, 3.05) is 10.6 Å². The van der Waals surface area contributed by atoms with Crippen LogP contribution in [0.2, 0.25) is 0 Å². The molecule has 0 saturated carbocycles. The van der Waals surface area contributed by atoms with Crippen molar-refractivity contribution in [2.24, 2.45) is 0 Å². The summed E-state index contributed by atoms with van der Waals surface area (Å²) in [4.78, 5) is 33.5. The number of ether oxygens (including phenoxy) is 1. The zero-order valence-corrected chi connectivity index (χ0v) is 19.3. The topological polar surface area (TPSA) is 165 Å². The number of hydrogen-bond donors (Lipinski definition) is 6. The molecule has 184 valence electrons. The number of benzene rings is 3. The Labute approximate surface area is 201 Å². The van der Waals surface area contributed by atoms with Crippen molar-refractivity contribution in [1.82, 2.24) is 0 Å². The molecule has 3 aromatic carbocycles. The van der Waals surface area contributed by atoms with E-state index >= 15 is 0 Å². The van der Waals surface area contributed by atoms with Gasteiger partial charge in [0.15, 0.2) is 0 Å². The lowest BCUT2D eigenvalue weighted by Gasteiger charge is -2.16. The number of carbonyl (C=O) groups is 3. The van der Waals surface area contributed by atoms with Gasteiger partial charge in [0.2, 0.25) is 0 Å². The number of nitrogens with one attached hydrogen (secondary N) is 2. The molecule has 3 aromatic rings. The van der Waals surface area contributed by atoms with Gasteiger partial charge in [-0.15, -0.1) is 0 Å². The highest BCUT2D eigenvalue weighted by molar-refractivity contribution is 6.09. The number of anilines is 2. The van der Waals surface area contributed by atoms with Crippen LogP contribution in [-0.4, -0.2) is 44.8 Å². The molecule has 0 aliphatic rings. The van der Waals surface area contributed by atoms with Crippen LogP contribution in [0.25, 0.3) is 0 Å². The normalized spacial score (nSPS) is 10.1. The van der Waals surface area contributed by atoms with Crippen LogP contribution in [0.15, 0.2) is 54.6 Å². The third kappa shape index (κ3) is 7.13. The molecule has 0 saturated heterocycles. The van der Waals surface area contributed by atoms with Gasteiger partial charge in [-0.1, -0.05) is 12.1 Å². The van der Waals surface area contributed by atoms with Gasteiger partial charge in [-0.05, 0) is 62.7 Å². The summed E-state index contributed by atoms with van der Waals surface area (Å²) in [7, 11) is 0. The van der Waals surface area contributed by atoms with Crippen molar-refractivity contribution >= 4 is 29.7 Å². The number of phenolic OH excluding ortho intramolecular Hbond substituents is 3. The van der Waals surface area contributed by atoms with Crippen LogP contribution in [0.5, 0.6) is 23.0 Å². The Kier molecular flexibility index (Phi) is 9.04. The van der Waals surface area contributed by atoms with E-state index in [0.29, 0.717) is 11.4 Å². The molecule has 0 atom stereocenters.